The summed E-state index contributed by atoms with van der Waals surface area (Å²) in [6.45, 7) is 1.12. The topological polar surface area (TPSA) is 75.6 Å². The summed E-state index contributed by atoms with van der Waals surface area (Å²) in [5.41, 5.74) is 0.555. The average Bonchev–Trinajstić information content (AvgIpc) is 3.25. The highest BCUT2D eigenvalue weighted by molar-refractivity contribution is 5.94. The SMILES string of the molecule is O=C(O)CCCNC(=O)c1ccc(OCC2CC2)cc1. The Morgan fingerprint density at radius 2 is 1.95 bits per heavy atom. The number of carbonyl (C=O) groups is 2. The zero-order valence-corrected chi connectivity index (χ0v) is 11.3. The molecule has 5 nitrogen and oxygen atoms in total. The van der Waals surface area contributed by atoms with Gasteiger partial charge in [0, 0.05) is 18.5 Å². The first-order valence-electron chi connectivity index (χ1n) is 6.88. The lowest BCUT2D eigenvalue weighted by atomic mass is 10.2. The van der Waals surface area contributed by atoms with Crippen LogP contribution in [0.15, 0.2) is 24.3 Å². The molecule has 1 amide bonds. The lowest BCUT2D eigenvalue weighted by molar-refractivity contribution is -0.137. The molecule has 2 rings (SSSR count). The maximum absolute atomic E-state index is 11.8. The van der Waals surface area contributed by atoms with Crippen LogP contribution in [0.4, 0.5) is 0 Å². The Labute approximate surface area is 117 Å². The highest BCUT2D eigenvalue weighted by Crippen LogP contribution is 2.29. The number of nitrogens with one attached hydrogen (secondary N) is 1. The Hall–Kier alpha value is -2.04. The Balaban J connectivity index is 1.73. The largest absolute Gasteiger partial charge is 0.493 e. The monoisotopic (exact) mass is 277 g/mol. The van der Waals surface area contributed by atoms with Gasteiger partial charge in [-0.2, -0.15) is 0 Å². The third kappa shape index (κ3) is 4.91. The minimum Gasteiger partial charge on any atom is -0.493 e. The van der Waals surface area contributed by atoms with Crippen LogP contribution < -0.4 is 10.1 Å². The fraction of sp³-hybridized carbons (Fsp3) is 0.467. The van der Waals surface area contributed by atoms with Crippen molar-refractivity contribution >= 4 is 11.9 Å². The molecule has 0 saturated heterocycles. The number of aliphatic carboxylic acids is 1. The Bertz CT molecular complexity index is 465. The summed E-state index contributed by atoms with van der Waals surface area (Å²) >= 11 is 0. The van der Waals surface area contributed by atoms with E-state index in [-0.39, 0.29) is 12.3 Å². The lowest BCUT2D eigenvalue weighted by Gasteiger charge is -2.07. The third-order valence-electron chi connectivity index (χ3n) is 3.15. The highest BCUT2D eigenvalue weighted by Gasteiger charge is 2.21. The summed E-state index contributed by atoms with van der Waals surface area (Å²) in [4.78, 5) is 22.1. The van der Waals surface area contributed by atoms with E-state index in [1.54, 1.807) is 24.3 Å². The molecule has 1 saturated carbocycles. The molecule has 0 radical (unpaired) electrons. The van der Waals surface area contributed by atoms with Crippen molar-refractivity contribution in [2.75, 3.05) is 13.2 Å². The van der Waals surface area contributed by atoms with Crippen LogP contribution in [0.5, 0.6) is 5.75 Å². The molecule has 20 heavy (non-hydrogen) atoms. The first kappa shape index (κ1) is 14.4. The number of hydrogen-bond donors (Lipinski definition) is 2. The van der Waals surface area contributed by atoms with Crippen molar-refractivity contribution in [3.05, 3.63) is 29.8 Å². The van der Waals surface area contributed by atoms with Gasteiger partial charge < -0.3 is 15.2 Å². The fourth-order valence-electron chi connectivity index (χ4n) is 1.74. The van der Waals surface area contributed by atoms with E-state index in [1.807, 2.05) is 0 Å². The standard InChI is InChI=1S/C15H19NO4/c17-14(18)2-1-9-16-15(19)12-5-7-13(8-6-12)20-10-11-3-4-11/h5-8,11H,1-4,9-10H2,(H,16,19)(H,17,18). The minimum absolute atomic E-state index is 0.0637. The Morgan fingerprint density at radius 1 is 1.25 bits per heavy atom. The number of carboxylic acid groups (broad SMARTS) is 1. The quantitative estimate of drug-likeness (QED) is 0.713. The molecular weight excluding hydrogens is 258 g/mol. The van der Waals surface area contributed by atoms with Crippen LogP contribution in [-0.2, 0) is 4.79 Å². The van der Waals surface area contributed by atoms with Gasteiger partial charge in [0.05, 0.1) is 6.61 Å². The predicted molar refractivity (Wildman–Crippen MR) is 73.9 cm³/mol. The molecular formula is C15H19NO4. The van der Waals surface area contributed by atoms with Crippen molar-refractivity contribution in [3.63, 3.8) is 0 Å². The molecule has 1 aromatic rings. The maximum atomic E-state index is 11.8. The van der Waals surface area contributed by atoms with Gasteiger partial charge in [0.1, 0.15) is 5.75 Å². The molecule has 1 aromatic carbocycles. The van der Waals surface area contributed by atoms with Gasteiger partial charge in [-0.25, -0.2) is 0 Å². The summed E-state index contributed by atoms with van der Waals surface area (Å²) in [6.07, 6.45) is 2.99. The normalized spacial score (nSPS) is 13.8. The smallest absolute Gasteiger partial charge is 0.303 e. The van der Waals surface area contributed by atoms with E-state index in [0.717, 1.165) is 12.4 Å². The van der Waals surface area contributed by atoms with E-state index in [2.05, 4.69) is 5.32 Å². The molecule has 0 spiro atoms. The van der Waals surface area contributed by atoms with Crippen molar-refractivity contribution < 1.29 is 19.4 Å². The van der Waals surface area contributed by atoms with Gasteiger partial charge >= 0.3 is 5.97 Å². The van der Waals surface area contributed by atoms with Crippen LogP contribution in [-0.4, -0.2) is 30.1 Å². The van der Waals surface area contributed by atoms with Gasteiger partial charge in [-0.05, 0) is 49.4 Å². The van der Waals surface area contributed by atoms with Crippen LogP contribution in [0.1, 0.15) is 36.0 Å². The number of benzene rings is 1. The molecule has 0 bridgehead atoms. The highest BCUT2D eigenvalue weighted by atomic mass is 16.5. The molecule has 1 aliphatic carbocycles. The first-order chi connectivity index (χ1) is 9.65. The number of ether oxygens (including phenoxy) is 1. The van der Waals surface area contributed by atoms with Crippen molar-refractivity contribution in [1.29, 1.82) is 0 Å². The first-order valence-corrected chi connectivity index (χ1v) is 6.88. The van der Waals surface area contributed by atoms with Crippen LogP contribution in [0.2, 0.25) is 0 Å². The summed E-state index contributed by atoms with van der Waals surface area (Å²) in [5, 5.41) is 11.2. The molecule has 0 heterocycles. The fourth-order valence-corrected chi connectivity index (χ4v) is 1.74. The van der Waals surface area contributed by atoms with Crippen molar-refractivity contribution in [3.8, 4) is 5.75 Å². The second kappa shape index (κ2) is 6.93. The molecule has 1 fully saturated rings. The van der Waals surface area contributed by atoms with Crippen LogP contribution in [0, 0.1) is 5.92 Å². The molecule has 0 unspecified atom stereocenters. The van der Waals surface area contributed by atoms with Crippen molar-refractivity contribution in [2.45, 2.75) is 25.7 Å². The zero-order chi connectivity index (χ0) is 14.4. The van der Waals surface area contributed by atoms with E-state index in [0.29, 0.717) is 24.4 Å². The summed E-state index contributed by atoms with van der Waals surface area (Å²) < 4.78 is 5.59. The van der Waals surface area contributed by atoms with Crippen molar-refractivity contribution in [1.82, 2.24) is 5.32 Å². The second-order valence-corrected chi connectivity index (χ2v) is 5.03. The average molecular weight is 277 g/mol. The number of rotatable bonds is 8. The third-order valence-corrected chi connectivity index (χ3v) is 3.15. The lowest BCUT2D eigenvalue weighted by Crippen LogP contribution is -2.24. The van der Waals surface area contributed by atoms with E-state index >= 15 is 0 Å². The number of amides is 1. The van der Waals surface area contributed by atoms with Gasteiger partial charge in [0.25, 0.3) is 5.91 Å². The van der Waals surface area contributed by atoms with Crippen LogP contribution >= 0.6 is 0 Å². The molecule has 0 atom stereocenters. The number of carbonyl (C=O) groups excluding carboxylic acids is 1. The zero-order valence-electron chi connectivity index (χ0n) is 11.3. The van der Waals surface area contributed by atoms with Gasteiger partial charge in [-0.3, -0.25) is 9.59 Å². The summed E-state index contributed by atoms with van der Waals surface area (Å²) in [5.74, 6) is 0.437. The van der Waals surface area contributed by atoms with Crippen LogP contribution in [0.3, 0.4) is 0 Å². The molecule has 5 heteroatoms. The molecule has 108 valence electrons. The molecule has 0 aliphatic heterocycles. The second-order valence-electron chi connectivity index (χ2n) is 5.03. The van der Waals surface area contributed by atoms with E-state index in [4.69, 9.17) is 9.84 Å². The number of hydrogen-bond acceptors (Lipinski definition) is 3. The van der Waals surface area contributed by atoms with Crippen molar-refractivity contribution in [2.24, 2.45) is 5.92 Å². The number of carboxylic acids is 1. The van der Waals surface area contributed by atoms with Gasteiger partial charge in [0.2, 0.25) is 0 Å². The predicted octanol–water partition coefficient (Wildman–Crippen LogP) is 2.07. The maximum Gasteiger partial charge on any atom is 0.303 e. The summed E-state index contributed by atoms with van der Waals surface area (Å²) in [6, 6.07) is 7.01. The van der Waals surface area contributed by atoms with E-state index < -0.39 is 5.97 Å². The van der Waals surface area contributed by atoms with Crippen LogP contribution in [0.25, 0.3) is 0 Å². The minimum atomic E-state index is -0.851. The van der Waals surface area contributed by atoms with Gasteiger partial charge in [-0.1, -0.05) is 0 Å². The molecule has 2 N–H and O–H groups in total. The van der Waals surface area contributed by atoms with E-state index in [1.165, 1.54) is 12.8 Å². The van der Waals surface area contributed by atoms with Gasteiger partial charge in [0.15, 0.2) is 0 Å². The Kier molecular flexibility index (Phi) is 4.98. The molecule has 1 aliphatic rings. The summed E-state index contributed by atoms with van der Waals surface area (Å²) in [7, 11) is 0. The molecule has 0 aromatic heterocycles. The van der Waals surface area contributed by atoms with Gasteiger partial charge in [-0.15, -0.1) is 0 Å². The van der Waals surface area contributed by atoms with E-state index in [9.17, 15) is 9.59 Å². The Morgan fingerprint density at radius 3 is 2.55 bits per heavy atom.